The Hall–Kier alpha value is -1.06. The van der Waals surface area contributed by atoms with Crippen LogP contribution in [0.1, 0.15) is 72.1 Å². The quantitative estimate of drug-likeness (QED) is 0.755. The molecular weight excluding hydrogens is 264 g/mol. The Kier molecular flexibility index (Phi) is 5.65. The van der Waals surface area contributed by atoms with Gasteiger partial charge < -0.3 is 9.80 Å². The van der Waals surface area contributed by atoms with E-state index in [1.165, 1.54) is 0 Å². The van der Waals surface area contributed by atoms with E-state index < -0.39 is 0 Å². The average Bonchev–Trinajstić information content (AvgIpc) is 2.50. The largest absolute Gasteiger partial charge is 0.329 e. The summed E-state index contributed by atoms with van der Waals surface area (Å²) in [6, 6.07) is -0.214. The first-order valence-corrected chi connectivity index (χ1v) is 8.74. The maximum absolute atomic E-state index is 12.9. The Morgan fingerprint density at radius 3 is 2.52 bits per heavy atom. The first-order valence-electron chi connectivity index (χ1n) is 8.74. The molecular formula is C17H30N2O2. The van der Waals surface area contributed by atoms with E-state index in [2.05, 4.69) is 13.8 Å². The van der Waals surface area contributed by atoms with Gasteiger partial charge in [0, 0.05) is 12.6 Å². The molecule has 2 heterocycles. The fraction of sp³-hybridized carbons (Fsp3) is 0.882. The number of hydrogen-bond acceptors (Lipinski definition) is 2. The van der Waals surface area contributed by atoms with Crippen molar-refractivity contribution in [2.24, 2.45) is 0 Å². The van der Waals surface area contributed by atoms with Gasteiger partial charge in [-0.25, -0.2) is 0 Å². The van der Waals surface area contributed by atoms with E-state index in [9.17, 15) is 9.59 Å². The molecule has 0 spiro atoms. The van der Waals surface area contributed by atoms with Crippen molar-refractivity contribution in [3.05, 3.63) is 0 Å². The van der Waals surface area contributed by atoms with Crippen molar-refractivity contribution in [3.63, 3.8) is 0 Å². The molecule has 0 radical (unpaired) electrons. The highest BCUT2D eigenvalue weighted by Crippen LogP contribution is 2.29. The Morgan fingerprint density at radius 1 is 1.10 bits per heavy atom. The number of hydrogen-bond donors (Lipinski definition) is 0. The van der Waals surface area contributed by atoms with E-state index in [1.54, 1.807) is 0 Å². The van der Waals surface area contributed by atoms with Crippen molar-refractivity contribution in [1.29, 1.82) is 0 Å². The third-order valence-corrected chi connectivity index (χ3v) is 5.01. The molecule has 2 aliphatic rings. The molecule has 0 bridgehead atoms. The van der Waals surface area contributed by atoms with Crippen molar-refractivity contribution < 1.29 is 9.59 Å². The van der Waals surface area contributed by atoms with Gasteiger partial charge >= 0.3 is 0 Å². The zero-order valence-electron chi connectivity index (χ0n) is 13.8. The minimum Gasteiger partial charge on any atom is -0.329 e. The number of carbonyl (C=O) groups excluding carboxylic acids is 2. The maximum atomic E-state index is 12.9. The number of unbranched alkanes of at least 4 members (excludes halogenated alkanes) is 1. The molecule has 0 N–H and O–H groups in total. The second-order valence-corrected chi connectivity index (χ2v) is 6.55. The second kappa shape index (κ2) is 7.28. The summed E-state index contributed by atoms with van der Waals surface area (Å²) in [5.41, 5.74) is 0. The van der Waals surface area contributed by atoms with Crippen molar-refractivity contribution in [2.45, 2.75) is 90.3 Å². The molecule has 0 aliphatic carbocycles. The van der Waals surface area contributed by atoms with E-state index in [0.717, 1.165) is 57.9 Å². The molecule has 0 saturated carbocycles. The normalized spacial score (nSPS) is 27.8. The van der Waals surface area contributed by atoms with Crippen LogP contribution in [0, 0.1) is 0 Å². The lowest BCUT2D eigenvalue weighted by Gasteiger charge is -2.48. The maximum Gasteiger partial charge on any atom is 0.246 e. The fourth-order valence-corrected chi connectivity index (χ4v) is 3.87. The van der Waals surface area contributed by atoms with Crippen molar-refractivity contribution in [1.82, 2.24) is 9.80 Å². The van der Waals surface area contributed by atoms with Crippen LogP contribution in [0.5, 0.6) is 0 Å². The van der Waals surface area contributed by atoms with E-state index in [4.69, 9.17) is 0 Å². The highest BCUT2D eigenvalue weighted by Gasteiger charge is 2.46. The molecule has 2 fully saturated rings. The molecule has 2 aliphatic heterocycles. The number of piperazine rings is 1. The predicted octanol–water partition coefficient (Wildman–Crippen LogP) is 2.96. The first kappa shape index (κ1) is 16.3. The highest BCUT2D eigenvalue weighted by atomic mass is 16.2. The monoisotopic (exact) mass is 294 g/mol. The minimum atomic E-state index is -0.278. The molecule has 2 rings (SSSR count). The molecule has 4 nitrogen and oxygen atoms in total. The number of nitrogens with zero attached hydrogens (tertiary/aromatic N) is 2. The van der Waals surface area contributed by atoms with Crippen molar-refractivity contribution >= 4 is 11.8 Å². The van der Waals surface area contributed by atoms with Crippen LogP contribution < -0.4 is 0 Å². The van der Waals surface area contributed by atoms with Gasteiger partial charge in [0.2, 0.25) is 11.8 Å². The van der Waals surface area contributed by atoms with E-state index in [1.807, 2.05) is 16.7 Å². The summed E-state index contributed by atoms with van der Waals surface area (Å²) in [4.78, 5) is 29.3. The topological polar surface area (TPSA) is 40.6 Å². The molecule has 4 heteroatoms. The van der Waals surface area contributed by atoms with Crippen LogP contribution in [0.2, 0.25) is 0 Å². The standard InChI is InChI=1S/C17H30N2O2/c1-4-6-10-14(9-5-2)19-13(3)16(20)18-12-8-7-11-15(18)17(19)21/h13-15H,4-12H2,1-3H3. The predicted molar refractivity (Wildman–Crippen MR) is 83.9 cm³/mol. The summed E-state index contributed by atoms with van der Waals surface area (Å²) >= 11 is 0. The molecule has 2 saturated heterocycles. The Bertz CT molecular complexity index is 383. The Balaban J connectivity index is 2.19. The molecule has 3 unspecified atom stereocenters. The SMILES string of the molecule is CCCCC(CCC)N1C(=O)C2CCCCN2C(=O)C1C. The van der Waals surface area contributed by atoms with Crippen LogP contribution in [-0.4, -0.2) is 46.3 Å². The number of carbonyl (C=O) groups is 2. The van der Waals surface area contributed by atoms with E-state index >= 15 is 0 Å². The summed E-state index contributed by atoms with van der Waals surface area (Å²) in [6.45, 7) is 7.02. The Labute approximate surface area is 128 Å². The van der Waals surface area contributed by atoms with Crippen LogP contribution in [0.25, 0.3) is 0 Å². The van der Waals surface area contributed by atoms with Gasteiger partial charge in [-0.1, -0.05) is 33.1 Å². The van der Waals surface area contributed by atoms with Gasteiger partial charge in [0.25, 0.3) is 0 Å². The van der Waals surface area contributed by atoms with Gasteiger partial charge in [0.15, 0.2) is 0 Å². The molecule has 3 atom stereocenters. The summed E-state index contributed by atoms with van der Waals surface area (Å²) < 4.78 is 0. The van der Waals surface area contributed by atoms with Gasteiger partial charge in [-0.3, -0.25) is 9.59 Å². The van der Waals surface area contributed by atoms with Crippen LogP contribution >= 0.6 is 0 Å². The molecule has 120 valence electrons. The van der Waals surface area contributed by atoms with Gasteiger partial charge in [-0.05, 0) is 39.0 Å². The first-order chi connectivity index (χ1) is 10.1. The zero-order chi connectivity index (χ0) is 15.4. The van der Waals surface area contributed by atoms with Crippen molar-refractivity contribution in [3.8, 4) is 0 Å². The number of rotatable bonds is 6. The smallest absolute Gasteiger partial charge is 0.246 e. The molecule has 0 aromatic heterocycles. The molecule has 21 heavy (non-hydrogen) atoms. The number of piperidine rings is 1. The highest BCUT2D eigenvalue weighted by molar-refractivity contribution is 5.97. The van der Waals surface area contributed by atoms with Crippen molar-refractivity contribution in [2.75, 3.05) is 6.54 Å². The third-order valence-electron chi connectivity index (χ3n) is 5.01. The number of fused-ring (bicyclic) bond motifs is 1. The fourth-order valence-electron chi connectivity index (χ4n) is 3.87. The zero-order valence-corrected chi connectivity index (χ0v) is 13.8. The third kappa shape index (κ3) is 3.24. The van der Waals surface area contributed by atoms with Crippen LogP contribution in [0.3, 0.4) is 0 Å². The van der Waals surface area contributed by atoms with Gasteiger partial charge in [-0.15, -0.1) is 0 Å². The summed E-state index contributed by atoms with van der Waals surface area (Å²) in [7, 11) is 0. The van der Waals surface area contributed by atoms with Crippen LogP contribution in [-0.2, 0) is 9.59 Å². The minimum absolute atomic E-state index is 0.164. The molecule has 0 aromatic carbocycles. The molecule has 2 amide bonds. The summed E-state index contributed by atoms with van der Waals surface area (Å²) in [5.74, 6) is 0.369. The number of amides is 2. The van der Waals surface area contributed by atoms with E-state index in [-0.39, 0.29) is 29.9 Å². The van der Waals surface area contributed by atoms with Crippen LogP contribution in [0.15, 0.2) is 0 Å². The lowest BCUT2D eigenvalue weighted by atomic mass is 9.92. The average molecular weight is 294 g/mol. The Morgan fingerprint density at radius 2 is 1.86 bits per heavy atom. The van der Waals surface area contributed by atoms with Gasteiger partial charge in [0.05, 0.1) is 0 Å². The van der Waals surface area contributed by atoms with Crippen LogP contribution in [0.4, 0.5) is 0 Å². The second-order valence-electron chi connectivity index (χ2n) is 6.55. The lowest BCUT2D eigenvalue weighted by molar-refractivity contribution is -0.166. The van der Waals surface area contributed by atoms with E-state index in [0.29, 0.717) is 0 Å². The molecule has 0 aromatic rings. The van der Waals surface area contributed by atoms with Gasteiger partial charge in [-0.2, -0.15) is 0 Å². The van der Waals surface area contributed by atoms with Gasteiger partial charge in [0.1, 0.15) is 12.1 Å². The summed E-state index contributed by atoms with van der Waals surface area (Å²) in [5, 5.41) is 0. The summed E-state index contributed by atoms with van der Waals surface area (Å²) in [6.07, 6.45) is 8.32. The lowest BCUT2D eigenvalue weighted by Crippen LogP contribution is -2.67.